The van der Waals surface area contributed by atoms with Gasteiger partial charge in [0, 0.05) is 13.1 Å². The van der Waals surface area contributed by atoms with E-state index in [9.17, 15) is 24.0 Å². The van der Waals surface area contributed by atoms with Gasteiger partial charge in [-0.05, 0) is 19.3 Å². The Morgan fingerprint density at radius 3 is 2.58 bits per heavy atom. The standard InChI is InChI=1S/C21H31N5O6S/c1-5-7-8-24(18-19(22)26(10-13(3)4)21(31)23-20(18)30)14(27)11-25-15(28)12-33-16(25)9-17(29)32-6-2/h9,13H,5-8,10-12,22H2,1-4H3,(H,23,30,31). The Labute approximate surface area is 195 Å². The van der Waals surface area contributed by atoms with Crippen LogP contribution >= 0.6 is 11.8 Å². The number of aromatic amines is 1. The number of nitrogens with zero attached hydrogens (tertiary/aromatic N) is 3. The van der Waals surface area contributed by atoms with E-state index in [4.69, 9.17) is 10.5 Å². The Kier molecular flexibility index (Phi) is 9.32. The second-order valence-corrected chi connectivity index (χ2v) is 8.90. The lowest BCUT2D eigenvalue weighted by Crippen LogP contribution is -2.46. The van der Waals surface area contributed by atoms with Crippen LogP contribution < -0.4 is 21.9 Å². The molecule has 1 aliphatic rings. The first kappa shape index (κ1) is 26.2. The Morgan fingerprint density at radius 2 is 1.97 bits per heavy atom. The highest BCUT2D eigenvalue weighted by Gasteiger charge is 2.32. The van der Waals surface area contributed by atoms with Crippen molar-refractivity contribution >= 4 is 41.1 Å². The third-order valence-corrected chi connectivity index (χ3v) is 5.83. The normalized spacial score (nSPS) is 14.9. The molecule has 1 saturated heterocycles. The van der Waals surface area contributed by atoms with E-state index in [1.807, 2.05) is 20.8 Å². The number of hydrogen-bond donors (Lipinski definition) is 2. The van der Waals surface area contributed by atoms with Crippen molar-refractivity contribution in [2.45, 2.75) is 47.1 Å². The minimum absolute atomic E-state index is 0.0679. The number of amides is 2. The largest absolute Gasteiger partial charge is 0.463 e. The van der Waals surface area contributed by atoms with Gasteiger partial charge in [0.25, 0.3) is 5.56 Å². The number of unbranched alkanes of at least 4 members (excludes halogenated alkanes) is 1. The molecule has 2 heterocycles. The molecule has 0 radical (unpaired) electrons. The third-order valence-electron chi connectivity index (χ3n) is 4.80. The molecule has 33 heavy (non-hydrogen) atoms. The van der Waals surface area contributed by atoms with Gasteiger partial charge in [0.15, 0.2) is 5.69 Å². The van der Waals surface area contributed by atoms with Crippen LogP contribution in [0.2, 0.25) is 0 Å². The summed E-state index contributed by atoms with van der Waals surface area (Å²) >= 11 is 1.13. The number of aromatic nitrogens is 2. The van der Waals surface area contributed by atoms with Gasteiger partial charge in [-0.3, -0.25) is 28.8 Å². The Bertz CT molecular complexity index is 1040. The number of anilines is 2. The number of hydrogen-bond acceptors (Lipinski definition) is 8. The molecular formula is C21H31N5O6S. The lowest BCUT2D eigenvalue weighted by Gasteiger charge is -2.27. The van der Waals surface area contributed by atoms with Crippen molar-refractivity contribution in [3.8, 4) is 0 Å². The van der Waals surface area contributed by atoms with Crippen LogP contribution in [0.25, 0.3) is 0 Å². The lowest BCUT2D eigenvalue weighted by molar-refractivity contribution is -0.137. The molecule has 1 aliphatic heterocycles. The number of carbonyl (C=O) groups is 3. The molecule has 0 aromatic carbocycles. The summed E-state index contributed by atoms with van der Waals surface area (Å²) in [5, 5.41) is 0.300. The van der Waals surface area contributed by atoms with E-state index < -0.39 is 23.1 Å². The topological polar surface area (TPSA) is 148 Å². The molecule has 0 atom stereocenters. The van der Waals surface area contributed by atoms with Crippen LogP contribution in [0.5, 0.6) is 0 Å². The molecule has 182 valence electrons. The monoisotopic (exact) mass is 481 g/mol. The van der Waals surface area contributed by atoms with Gasteiger partial charge >= 0.3 is 11.7 Å². The third kappa shape index (κ3) is 6.50. The average molecular weight is 482 g/mol. The van der Waals surface area contributed by atoms with Crippen molar-refractivity contribution in [1.82, 2.24) is 14.5 Å². The quantitative estimate of drug-likeness (QED) is 0.370. The molecule has 2 rings (SSSR count). The summed E-state index contributed by atoms with van der Waals surface area (Å²) in [4.78, 5) is 67.2. The number of ether oxygens (including phenoxy) is 1. The van der Waals surface area contributed by atoms with Crippen molar-refractivity contribution in [3.05, 3.63) is 31.9 Å². The van der Waals surface area contributed by atoms with Crippen molar-refractivity contribution in [1.29, 1.82) is 0 Å². The van der Waals surface area contributed by atoms with Crippen molar-refractivity contribution < 1.29 is 19.1 Å². The number of nitrogen functional groups attached to an aromatic ring is 1. The minimum Gasteiger partial charge on any atom is -0.463 e. The van der Waals surface area contributed by atoms with Crippen molar-refractivity contribution in [2.24, 2.45) is 5.92 Å². The Morgan fingerprint density at radius 1 is 1.27 bits per heavy atom. The highest BCUT2D eigenvalue weighted by molar-refractivity contribution is 8.04. The molecule has 1 fully saturated rings. The first-order valence-electron chi connectivity index (χ1n) is 10.8. The average Bonchev–Trinajstić information content (AvgIpc) is 3.06. The minimum atomic E-state index is -0.772. The fourth-order valence-electron chi connectivity index (χ4n) is 3.27. The summed E-state index contributed by atoms with van der Waals surface area (Å²) in [7, 11) is 0. The molecule has 3 N–H and O–H groups in total. The second kappa shape index (κ2) is 11.7. The van der Waals surface area contributed by atoms with Gasteiger partial charge < -0.3 is 15.4 Å². The molecule has 2 amide bonds. The maximum atomic E-state index is 13.3. The molecule has 0 unspecified atom stereocenters. The van der Waals surface area contributed by atoms with Crippen LogP contribution in [-0.2, 0) is 25.7 Å². The molecule has 0 aliphatic carbocycles. The van der Waals surface area contributed by atoms with Gasteiger partial charge in [-0.1, -0.05) is 39.0 Å². The van der Waals surface area contributed by atoms with Crippen LogP contribution in [0.3, 0.4) is 0 Å². The van der Waals surface area contributed by atoms with E-state index in [-0.39, 0.29) is 55.3 Å². The number of carbonyl (C=O) groups excluding carboxylic acids is 3. The van der Waals surface area contributed by atoms with Crippen LogP contribution in [0, 0.1) is 5.92 Å². The SMILES string of the molecule is CCCCN(C(=O)CN1C(=O)CSC1=CC(=O)OCC)c1c(N)n(CC(C)C)c(=O)[nH]c1=O. The summed E-state index contributed by atoms with van der Waals surface area (Å²) in [6.07, 6.45) is 2.48. The van der Waals surface area contributed by atoms with Gasteiger partial charge in [0.05, 0.1) is 23.5 Å². The number of rotatable bonds is 10. The summed E-state index contributed by atoms with van der Waals surface area (Å²) in [5.74, 6) is -1.47. The van der Waals surface area contributed by atoms with E-state index >= 15 is 0 Å². The van der Waals surface area contributed by atoms with Crippen LogP contribution in [0.4, 0.5) is 11.5 Å². The van der Waals surface area contributed by atoms with Crippen LogP contribution in [0.1, 0.15) is 40.5 Å². The van der Waals surface area contributed by atoms with Gasteiger partial charge in [0.2, 0.25) is 11.8 Å². The first-order chi connectivity index (χ1) is 15.6. The number of thioether (sulfide) groups is 1. The fraction of sp³-hybridized carbons (Fsp3) is 0.571. The maximum absolute atomic E-state index is 13.3. The number of nitrogens with one attached hydrogen (secondary N) is 1. The van der Waals surface area contributed by atoms with Crippen molar-refractivity contribution in [2.75, 3.05) is 36.1 Å². The summed E-state index contributed by atoms with van der Waals surface area (Å²) in [5.41, 5.74) is 4.65. The molecule has 1 aromatic heterocycles. The number of H-pyrrole nitrogens is 1. The Balaban J connectivity index is 2.44. The summed E-state index contributed by atoms with van der Waals surface area (Å²) in [6, 6.07) is 0. The molecule has 11 nitrogen and oxygen atoms in total. The van der Waals surface area contributed by atoms with E-state index in [2.05, 4.69) is 4.98 Å². The lowest BCUT2D eigenvalue weighted by atomic mass is 10.2. The number of nitrogens with two attached hydrogens (primary N) is 1. The Hall–Kier alpha value is -3.02. The molecule has 1 aromatic rings. The summed E-state index contributed by atoms with van der Waals surface area (Å²) < 4.78 is 6.13. The summed E-state index contributed by atoms with van der Waals surface area (Å²) in [6.45, 7) is 7.61. The maximum Gasteiger partial charge on any atom is 0.333 e. The van der Waals surface area contributed by atoms with Crippen LogP contribution in [-0.4, -0.2) is 57.7 Å². The first-order valence-corrected chi connectivity index (χ1v) is 11.8. The smallest absolute Gasteiger partial charge is 0.333 e. The second-order valence-electron chi connectivity index (χ2n) is 7.90. The molecule has 0 spiro atoms. The predicted molar refractivity (Wildman–Crippen MR) is 127 cm³/mol. The van der Waals surface area contributed by atoms with Gasteiger partial charge in [-0.25, -0.2) is 9.59 Å². The van der Waals surface area contributed by atoms with Crippen LogP contribution in [0.15, 0.2) is 20.7 Å². The van der Waals surface area contributed by atoms with E-state index in [0.29, 0.717) is 11.4 Å². The highest BCUT2D eigenvalue weighted by atomic mass is 32.2. The molecule has 12 heteroatoms. The fourth-order valence-corrected chi connectivity index (χ4v) is 4.20. The van der Waals surface area contributed by atoms with E-state index in [1.54, 1.807) is 6.92 Å². The van der Waals surface area contributed by atoms with Crippen molar-refractivity contribution in [3.63, 3.8) is 0 Å². The zero-order valence-corrected chi connectivity index (χ0v) is 20.2. The predicted octanol–water partition coefficient (Wildman–Crippen LogP) is 0.888. The zero-order chi connectivity index (χ0) is 24.7. The molecule has 0 bridgehead atoms. The molecular weight excluding hydrogens is 450 g/mol. The zero-order valence-electron chi connectivity index (χ0n) is 19.4. The van der Waals surface area contributed by atoms with Gasteiger partial charge in [0.1, 0.15) is 12.4 Å². The van der Waals surface area contributed by atoms with E-state index in [0.717, 1.165) is 18.2 Å². The highest BCUT2D eigenvalue weighted by Crippen LogP contribution is 2.29. The number of esters is 1. The van der Waals surface area contributed by atoms with Gasteiger partial charge in [-0.15, -0.1) is 0 Å². The van der Waals surface area contributed by atoms with Gasteiger partial charge in [-0.2, -0.15) is 0 Å². The molecule has 0 saturated carbocycles. The van der Waals surface area contributed by atoms with E-state index in [1.165, 1.54) is 20.4 Å².